The average molecular weight is 462 g/mol. The van der Waals surface area contributed by atoms with Crippen LogP contribution in [0.3, 0.4) is 0 Å². The predicted octanol–water partition coefficient (Wildman–Crippen LogP) is 5.11. The fraction of sp³-hybridized carbons (Fsp3) is 0.240. The van der Waals surface area contributed by atoms with E-state index < -0.39 is 5.97 Å². The van der Waals surface area contributed by atoms with E-state index in [1.165, 1.54) is 20.3 Å². The molecule has 4 aromatic rings. The summed E-state index contributed by atoms with van der Waals surface area (Å²) in [5.74, 6) is -0.0797. The number of nitrogens with one attached hydrogen (secondary N) is 2. The highest BCUT2D eigenvalue weighted by Gasteiger charge is 2.33. The van der Waals surface area contributed by atoms with Gasteiger partial charge in [-0.25, -0.2) is 14.2 Å². The van der Waals surface area contributed by atoms with Crippen LogP contribution in [0.2, 0.25) is 0 Å². The van der Waals surface area contributed by atoms with E-state index in [0.29, 0.717) is 56.4 Å². The van der Waals surface area contributed by atoms with Crippen molar-refractivity contribution in [2.45, 2.75) is 19.8 Å². The molecule has 4 heterocycles. The number of cyclic esters (lactones) is 1. The molecule has 2 N–H and O–H groups in total. The van der Waals surface area contributed by atoms with Crippen molar-refractivity contribution in [3.05, 3.63) is 59.2 Å². The molecule has 0 saturated heterocycles. The summed E-state index contributed by atoms with van der Waals surface area (Å²) in [4.78, 5) is 25.3. The van der Waals surface area contributed by atoms with E-state index in [0.717, 1.165) is 5.69 Å². The summed E-state index contributed by atoms with van der Waals surface area (Å²) in [6.45, 7) is 3.92. The molecular weight excluding hydrogens is 439 g/mol. The van der Waals surface area contributed by atoms with Crippen LogP contribution in [0.25, 0.3) is 22.3 Å². The van der Waals surface area contributed by atoms with Crippen molar-refractivity contribution in [2.24, 2.45) is 0 Å². The lowest BCUT2D eigenvalue weighted by molar-refractivity contribution is 0.0448. The number of benzene rings is 1. The molecule has 1 aliphatic heterocycles. The molecule has 0 saturated carbocycles. The minimum atomic E-state index is -0.447. The summed E-state index contributed by atoms with van der Waals surface area (Å²) in [5.41, 5.74) is 5.05. The summed E-state index contributed by atoms with van der Waals surface area (Å²) in [5, 5.41) is 3.28. The van der Waals surface area contributed by atoms with Crippen molar-refractivity contribution in [3.63, 3.8) is 0 Å². The highest BCUT2D eigenvalue weighted by molar-refractivity contribution is 6.06. The number of aromatic amines is 1. The molecule has 5 rings (SSSR count). The Kier molecular flexibility index (Phi) is 5.31. The first-order chi connectivity index (χ1) is 16.4. The zero-order chi connectivity index (χ0) is 24.0. The van der Waals surface area contributed by atoms with Crippen LogP contribution in [-0.2, 0) is 4.74 Å². The molecule has 0 aliphatic carbocycles. The number of ether oxygens (including phenoxy) is 3. The van der Waals surface area contributed by atoms with Gasteiger partial charge in [0.1, 0.15) is 16.9 Å². The quantitative estimate of drug-likeness (QED) is 0.398. The maximum absolute atomic E-state index is 14.3. The van der Waals surface area contributed by atoms with Crippen molar-refractivity contribution in [2.75, 3.05) is 26.1 Å². The number of pyridine rings is 2. The van der Waals surface area contributed by atoms with Crippen LogP contribution in [0.4, 0.5) is 15.8 Å². The van der Waals surface area contributed by atoms with Gasteiger partial charge in [-0.05, 0) is 25.1 Å². The van der Waals surface area contributed by atoms with E-state index in [2.05, 4.69) is 20.3 Å². The van der Waals surface area contributed by atoms with E-state index in [1.54, 1.807) is 37.4 Å². The van der Waals surface area contributed by atoms with Crippen LogP contribution in [-0.4, -0.2) is 41.7 Å². The number of rotatable bonds is 5. The zero-order valence-electron chi connectivity index (χ0n) is 19.2. The van der Waals surface area contributed by atoms with E-state index in [-0.39, 0.29) is 18.3 Å². The number of methoxy groups -OCH3 is 2. The molecule has 8 nitrogen and oxygen atoms in total. The number of fused-ring (bicyclic) bond motifs is 2. The Hall–Kier alpha value is -4.14. The van der Waals surface area contributed by atoms with E-state index in [1.807, 2.05) is 6.92 Å². The normalized spacial score (nSPS) is 15.1. The van der Waals surface area contributed by atoms with Gasteiger partial charge in [0.05, 0.1) is 37.7 Å². The Morgan fingerprint density at radius 3 is 2.82 bits per heavy atom. The monoisotopic (exact) mass is 462 g/mol. The first kappa shape index (κ1) is 21.7. The Balaban J connectivity index is 1.78. The van der Waals surface area contributed by atoms with Crippen LogP contribution in [0.15, 0.2) is 36.5 Å². The van der Waals surface area contributed by atoms with Crippen LogP contribution in [0.1, 0.15) is 34.5 Å². The number of carbonyl (C=O) groups excluding carboxylic acids is 1. The third-order valence-electron chi connectivity index (χ3n) is 6.04. The fourth-order valence-electron chi connectivity index (χ4n) is 4.19. The van der Waals surface area contributed by atoms with Crippen molar-refractivity contribution in [3.8, 4) is 22.9 Å². The lowest BCUT2D eigenvalue weighted by atomic mass is 10.0. The van der Waals surface area contributed by atoms with E-state index >= 15 is 0 Å². The van der Waals surface area contributed by atoms with Gasteiger partial charge < -0.3 is 24.5 Å². The molecule has 0 radical (unpaired) electrons. The Morgan fingerprint density at radius 1 is 1.24 bits per heavy atom. The van der Waals surface area contributed by atoms with Gasteiger partial charge in [-0.1, -0.05) is 13.0 Å². The van der Waals surface area contributed by atoms with Crippen molar-refractivity contribution < 1.29 is 23.4 Å². The largest absolute Gasteiger partial charge is 0.491 e. The molecule has 3 aromatic heterocycles. The van der Waals surface area contributed by atoms with Crippen LogP contribution in [0.5, 0.6) is 11.6 Å². The number of hydrogen-bond donors (Lipinski definition) is 2. The Labute approximate surface area is 195 Å². The number of halogens is 1. The topological polar surface area (TPSA) is 98.4 Å². The summed E-state index contributed by atoms with van der Waals surface area (Å²) in [6.07, 6.45) is 1.66. The van der Waals surface area contributed by atoms with Gasteiger partial charge in [0.15, 0.2) is 5.75 Å². The third kappa shape index (κ3) is 3.40. The van der Waals surface area contributed by atoms with Crippen molar-refractivity contribution in [1.29, 1.82) is 0 Å². The number of nitrogens with zero attached hydrogens (tertiary/aromatic N) is 2. The summed E-state index contributed by atoms with van der Waals surface area (Å²) in [6, 6.07) is 8.32. The molecule has 1 unspecified atom stereocenters. The van der Waals surface area contributed by atoms with Gasteiger partial charge in [0.25, 0.3) is 5.88 Å². The molecule has 34 heavy (non-hydrogen) atoms. The number of H-pyrrole nitrogens is 1. The fourth-order valence-corrected chi connectivity index (χ4v) is 4.19. The molecule has 0 spiro atoms. The second-order valence-electron chi connectivity index (χ2n) is 8.13. The average Bonchev–Trinajstić information content (AvgIpc) is 3.23. The Bertz CT molecular complexity index is 1430. The number of anilines is 2. The molecule has 0 fully saturated rings. The maximum atomic E-state index is 14.3. The third-order valence-corrected chi connectivity index (χ3v) is 6.04. The molecule has 1 aliphatic rings. The van der Waals surface area contributed by atoms with E-state index in [4.69, 9.17) is 14.2 Å². The van der Waals surface area contributed by atoms with E-state index in [9.17, 15) is 9.18 Å². The second kappa shape index (κ2) is 8.33. The van der Waals surface area contributed by atoms with Crippen LogP contribution < -0.4 is 14.8 Å². The van der Waals surface area contributed by atoms with Gasteiger partial charge in [0, 0.05) is 40.7 Å². The molecule has 1 aromatic carbocycles. The molecule has 1 atom stereocenters. The van der Waals surface area contributed by atoms with Crippen LogP contribution in [0, 0.1) is 12.7 Å². The first-order valence-electron chi connectivity index (χ1n) is 10.8. The van der Waals surface area contributed by atoms with Gasteiger partial charge >= 0.3 is 5.97 Å². The standard InChI is InChI=1S/C25H23FN4O4/c1-12-11-34-25(31)19-20(12)29-22(23(19)28-16-7-5-6-15(26)13(16)2)14-8-9-27-17-10-18(32-3)24(33-4)30-21(14)17/h5-10,12,28-29H,11H2,1-4H3. The number of aromatic nitrogens is 3. The Morgan fingerprint density at radius 2 is 2.06 bits per heavy atom. The first-order valence-corrected chi connectivity index (χ1v) is 10.8. The van der Waals surface area contributed by atoms with Crippen molar-refractivity contribution >= 4 is 28.4 Å². The smallest absolute Gasteiger partial charge is 0.342 e. The molecule has 174 valence electrons. The number of hydrogen-bond acceptors (Lipinski definition) is 7. The van der Waals surface area contributed by atoms with Gasteiger partial charge in [-0.2, -0.15) is 0 Å². The maximum Gasteiger partial charge on any atom is 0.342 e. The highest BCUT2D eigenvalue weighted by atomic mass is 19.1. The SMILES string of the molecule is COc1cc2nccc(-c3[nH]c4c(c3Nc3cccc(F)c3C)C(=O)OCC4C)c2nc1OC. The number of carbonyl (C=O) groups is 1. The molecule has 0 bridgehead atoms. The number of esters is 1. The molecular formula is C25H23FN4O4. The van der Waals surface area contributed by atoms with Gasteiger partial charge in [0.2, 0.25) is 0 Å². The molecule has 0 amide bonds. The highest BCUT2D eigenvalue weighted by Crippen LogP contribution is 2.43. The summed E-state index contributed by atoms with van der Waals surface area (Å²) in [7, 11) is 3.04. The predicted molar refractivity (Wildman–Crippen MR) is 126 cm³/mol. The zero-order valence-corrected chi connectivity index (χ0v) is 19.2. The van der Waals surface area contributed by atoms with Gasteiger partial charge in [-0.15, -0.1) is 0 Å². The summed E-state index contributed by atoms with van der Waals surface area (Å²) < 4.78 is 30.5. The second-order valence-corrected chi connectivity index (χ2v) is 8.13. The van der Waals surface area contributed by atoms with Crippen LogP contribution >= 0.6 is 0 Å². The summed E-state index contributed by atoms with van der Waals surface area (Å²) >= 11 is 0. The van der Waals surface area contributed by atoms with Crippen molar-refractivity contribution in [1.82, 2.24) is 15.0 Å². The minimum Gasteiger partial charge on any atom is -0.491 e. The minimum absolute atomic E-state index is 0.0497. The lowest BCUT2D eigenvalue weighted by Gasteiger charge is -2.19. The van der Waals surface area contributed by atoms with Gasteiger partial charge in [-0.3, -0.25) is 4.98 Å². The molecule has 9 heteroatoms. The lowest BCUT2D eigenvalue weighted by Crippen LogP contribution is -2.20.